The summed E-state index contributed by atoms with van der Waals surface area (Å²) in [5, 5.41) is 19.3. The highest BCUT2D eigenvalue weighted by Gasteiger charge is 2.53. The van der Waals surface area contributed by atoms with Gasteiger partial charge in [-0.1, -0.05) is 13.8 Å². The van der Waals surface area contributed by atoms with E-state index in [0.717, 1.165) is 18.2 Å². The summed E-state index contributed by atoms with van der Waals surface area (Å²) in [6, 6.07) is 2.71. The van der Waals surface area contributed by atoms with Crippen molar-refractivity contribution < 1.29 is 27.8 Å². The zero-order valence-corrected chi connectivity index (χ0v) is 10.6. The second kappa shape index (κ2) is 5.36. The molecule has 0 heterocycles. The van der Waals surface area contributed by atoms with Gasteiger partial charge in [0.05, 0.1) is 0 Å². The second-order valence-electron chi connectivity index (χ2n) is 5.08. The van der Waals surface area contributed by atoms with Crippen LogP contribution in [0, 0.1) is 11.7 Å². The molecule has 0 aliphatic carbocycles. The molecule has 2 nitrogen and oxygen atoms in total. The number of aliphatic hydroxyl groups is 1. The van der Waals surface area contributed by atoms with Crippen LogP contribution in [0.3, 0.4) is 0 Å². The number of phenols is 1. The molecule has 1 rings (SSSR count). The third-order valence-electron chi connectivity index (χ3n) is 2.80. The molecule has 0 aromatic heterocycles. The SMILES string of the molecule is CC(C)CC(O)(Cc1cc(F)ccc1O)C(F)(F)F. The van der Waals surface area contributed by atoms with Gasteiger partial charge in [0, 0.05) is 6.42 Å². The predicted octanol–water partition coefficient (Wildman–Crippen LogP) is 3.41. The predicted molar refractivity (Wildman–Crippen MR) is 62.2 cm³/mol. The van der Waals surface area contributed by atoms with E-state index in [2.05, 4.69) is 0 Å². The molecule has 0 bridgehead atoms. The van der Waals surface area contributed by atoms with Crippen molar-refractivity contribution in [3.8, 4) is 5.75 Å². The first-order chi connectivity index (χ1) is 8.55. The van der Waals surface area contributed by atoms with Crippen molar-refractivity contribution >= 4 is 0 Å². The fraction of sp³-hybridized carbons (Fsp3) is 0.538. The molecule has 2 N–H and O–H groups in total. The number of hydrogen-bond acceptors (Lipinski definition) is 2. The summed E-state index contributed by atoms with van der Waals surface area (Å²) in [6.45, 7) is 3.09. The Bertz CT molecular complexity index is 443. The Morgan fingerprint density at radius 3 is 2.26 bits per heavy atom. The van der Waals surface area contributed by atoms with Crippen LogP contribution in [0.1, 0.15) is 25.8 Å². The van der Waals surface area contributed by atoms with Crippen LogP contribution in [0.2, 0.25) is 0 Å². The van der Waals surface area contributed by atoms with Crippen LogP contribution in [0.25, 0.3) is 0 Å². The van der Waals surface area contributed by atoms with Gasteiger partial charge < -0.3 is 10.2 Å². The van der Waals surface area contributed by atoms with Gasteiger partial charge in [0.2, 0.25) is 0 Å². The molecule has 1 atom stereocenters. The Balaban J connectivity index is 3.11. The highest BCUT2D eigenvalue weighted by Crippen LogP contribution is 2.39. The lowest BCUT2D eigenvalue weighted by Crippen LogP contribution is -2.48. The average Bonchev–Trinajstić information content (AvgIpc) is 2.20. The largest absolute Gasteiger partial charge is 0.508 e. The minimum atomic E-state index is -4.85. The first-order valence-corrected chi connectivity index (χ1v) is 5.81. The highest BCUT2D eigenvalue weighted by atomic mass is 19.4. The first kappa shape index (κ1) is 15.8. The molecule has 0 amide bonds. The Labute approximate surface area is 108 Å². The lowest BCUT2D eigenvalue weighted by molar-refractivity contribution is -0.265. The van der Waals surface area contributed by atoms with Crippen molar-refractivity contribution in [3.63, 3.8) is 0 Å². The van der Waals surface area contributed by atoms with E-state index in [9.17, 15) is 27.8 Å². The molecule has 6 heteroatoms. The zero-order valence-electron chi connectivity index (χ0n) is 10.6. The monoisotopic (exact) mass is 280 g/mol. The second-order valence-corrected chi connectivity index (χ2v) is 5.08. The molecule has 1 unspecified atom stereocenters. The Hall–Kier alpha value is -1.30. The van der Waals surface area contributed by atoms with E-state index in [1.165, 1.54) is 0 Å². The molecule has 0 aliphatic heterocycles. The van der Waals surface area contributed by atoms with Crippen molar-refractivity contribution in [2.45, 2.75) is 38.5 Å². The molecular formula is C13H16F4O2. The maximum absolute atomic E-state index is 13.0. The van der Waals surface area contributed by atoms with Gasteiger partial charge in [-0.2, -0.15) is 13.2 Å². The normalized spacial score (nSPS) is 15.6. The molecule has 0 aliphatic rings. The smallest absolute Gasteiger partial charge is 0.417 e. The summed E-state index contributed by atoms with van der Waals surface area (Å²) in [6.07, 6.45) is -6.25. The maximum Gasteiger partial charge on any atom is 0.417 e. The summed E-state index contributed by atoms with van der Waals surface area (Å²) < 4.78 is 51.9. The van der Waals surface area contributed by atoms with E-state index in [-0.39, 0.29) is 5.56 Å². The Morgan fingerprint density at radius 1 is 1.21 bits per heavy atom. The van der Waals surface area contributed by atoms with E-state index >= 15 is 0 Å². The number of benzene rings is 1. The molecule has 19 heavy (non-hydrogen) atoms. The molecule has 0 fully saturated rings. The standard InChI is InChI=1S/C13H16F4O2/c1-8(2)6-12(19,13(15,16)17)7-9-5-10(14)3-4-11(9)18/h3-5,8,18-19H,6-7H2,1-2H3. The lowest BCUT2D eigenvalue weighted by Gasteiger charge is -2.32. The number of aromatic hydroxyl groups is 1. The summed E-state index contributed by atoms with van der Waals surface area (Å²) >= 11 is 0. The van der Waals surface area contributed by atoms with Gasteiger partial charge in [-0.25, -0.2) is 4.39 Å². The van der Waals surface area contributed by atoms with Gasteiger partial charge in [0.25, 0.3) is 0 Å². The van der Waals surface area contributed by atoms with Crippen LogP contribution >= 0.6 is 0 Å². The number of hydrogen-bond donors (Lipinski definition) is 2. The van der Waals surface area contributed by atoms with E-state index in [0.29, 0.717) is 0 Å². The van der Waals surface area contributed by atoms with E-state index < -0.39 is 42.1 Å². The molecule has 0 radical (unpaired) electrons. The number of halogens is 4. The van der Waals surface area contributed by atoms with Gasteiger partial charge in [-0.05, 0) is 36.1 Å². The highest BCUT2D eigenvalue weighted by molar-refractivity contribution is 5.34. The summed E-state index contributed by atoms with van der Waals surface area (Å²) in [7, 11) is 0. The van der Waals surface area contributed by atoms with Gasteiger partial charge in [0.15, 0.2) is 5.60 Å². The molecular weight excluding hydrogens is 264 g/mol. The van der Waals surface area contributed by atoms with Crippen LogP contribution in [-0.4, -0.2) is 22.0 Å². The van der Waals surface area contributed by atoms with Crippen LogP contribution in [-0.2, 0) is 6.42 Å². The van der Waals surface area contributed by atoms with Crippen molar-refractivity contribution in [2.24, 2.45) is 5.92 Å². The third kappa shape index (κ3) is 3.83. The van der Waals surface area contributed by atoms with Crippen LogP contribution in [0.5, 0.6) is 5.75 Å². The zero-order chi connectivity index (χ0) is 14.8. The quantitative estimate of drug-likeness (QED) is 0.830. The van der Waals surface area contributed by atoms with Crippen molar-refractivity contribution in [2.75, 3.05) is 0 Å². The third-order valence-corrected chi connectivity index (χ3v) is 2.80. The molecule has 0 saturated carbocycles. The molecule has 0 spiro atoms. The van der Waals surface area contributed by atoms with Crippen molar-refractivity contribution in [1.29, 1.82) is 0 Å². The molecule has 1 aromatic carbocycles. The summed E-state index contributed by atoms with van der Waals surface area (Å²) in [5.41, 5.74) is -3.24. The van der Waals surface area contributed by atoms with E-state index in [1.807, 2.05) is 0 Å². The maximum atomic E-state index is 13.0. The minimum Gasteiger partial charge on any atom is -0.508 e. The van der Waals surface area contributed by atoms with Gasteiger partial charge in [-0.15, -0.1) is 0 Å². The average molecular weight is 280 g/mol. The molecule has 1 aromatic rings. The van der Waals surface area contributed by atoms with Crippen LogP contribution in [0.4, 0.5) is 17.6 Å². The molecule has 108 valence electrons. The van der Waals surface area contributed by atoms with Crippen molar-refractivity contribution in [3.05, 3.63) is 29.6 Å². The number of alkyl halides is 3. The molecule has 0 saturated heterocycles. The van der Waals surface area contributed by atoms with E-state index in [1.54, 1.807) is 13.8 Å². The topological polar surface area (TPSA) is 40.5 Å². The summed E-state index contributed by atoms with van der Waals surface area (Å²) in [5.74, 6) is -1.63. The minimum absolute atomic E-state index is 0.263. The van der Waals surface area contributed by atoms with Gasteiger partial charge >= 0.3 is 6.18 Å². The first-order valence-electron chi connectivity index (χ1n) is 5.81. The van der Waals surface area contributed by atoms with E-state index in [4.69, 9.17) is 0 Å². The lowest BCUT2D eigenvalue weighted by atomic mass is 9.85. The van der Waals surface area contributed by atoms with Crippen LogP contribution in [0.15, 0.2) is 18.2 Å². The number of rotatable bonds is 4. The Morgan fingerprint density at radius 2 is 1.79 bits per heavy atom. The Kier molecular flexibility index (Phi) is 4.45. The van der Waals surface area contributed by atoms with Gasteiger partial charge in [-0.3, -0.25) is 0 Å². The van der Waals surface area contributed by atoms with Crippen molar-refractivity contribution in [1.82, 2.24) is 0 Å². The van der Waals surface area contributed by atoms with Crippen LogP contribution < -0.4 is 0 Å². The number of phenolic OH excluding ortho intramolecular Hbond substituents is 1. The fourth-order valence-electron chi connectivity index (χ4n) is 1.97. The fourth-order valence-corrected chi connectivity index (χ4v) is 1.97. The van der Waals surface area contributed by atoms with Gasteiger partial charge in [0.1, 0.15) is 11.6 Å². The summed E-state index contributed by atoms with van der Waals surface area (Å²) in [4.78, 5) is 0.